The van der Waals surface area contributed by atoms with Gasteiger partial charge in [0.25, 0.3) is 0 Å². The third-order valence-corrected chi connectivity index (χ3v) is 9.65. The SMILES string of the molecule is CCCCCC[C@@H](OC[C@@H](C)NC(=O)[C@@H](C)[C@H](C)O)[C@@H](C)C(=O)N(C)[C@@H](CCC)C(=O)N[C@H](C(=O)N[C@@H](CN)C(N)=O)C1CCCCC1. The van der Waals surface area contributed by atoms with Gasteiger partial charge in [-0.3, -0.25) is 24.0 Å². The molecule has 8 atom stereocenters. The number of amides is 5. The molecule has 1 aliphatic carbocycles. The second-order valence-corrected chi connectivity index (χ2v) is 13.8. The zero-order valence-corrected chi connectivity index (χ0v) is 30.6. The van der Waals surface area contributed by atoms with E-state index in [2.05, 4.69) is 22.9 Å². The lowest BCUT2D eigenvalue weighted by atomic mass is 9.83. The summed E-state index contributed by atoms with van der Waals surface area (Å²) in [6.45, 7) is 10.9. The number of carbonyl (C=O) groups excluding carboxylic acids is 5. The average Bonchev–Trinajstić information content (AvgIpc) is 3.06. The maximum atomic E-state index is 14.0. The highest BCUT2D eigenvalue weighted by Gasteiger charge is 2.37. The van der Waals surface area contributed by atoms with Gasteiger partial charge in [-0.05, 0) is 45.4 Å². The first-order chi connectivity index (χ1) is 22.7. The highest BCUT2D eigenvalue weighted by Crippen LogP contribution is 2.27. The minimum Gasteiger partial charge on any atom is -0.393 e. The number of nitrogens with one attached hydrogen (secondary N) is 3. The summed E-state index contributed by atoms with van der Waals surface area (Å²) < 4.78 is 6.27. The van der Waals surface area contributed by atoms with Crippen molar-refractivity contribution in [3.8, 4) is 0 Å². The molecule has 1 aliphatic rings. The van der Waals surface area contributed by atoms with Gasteiger partial charge >= 0.3 is 0 Å². The Labute approximate surface area is 288 Å². The van der Waals surface area contributed by atoms with Crippen molar-refractivity contribution < 1.29 is 33.8 Å². The maximum Gasteiger partial charge on any atom is 0.243 e. The number of carbonyl (C=O) groups is 5. The van der Waals surface area contributed by atoms with Gasteiger partial charge in [0.2, 0.25) is 29.5 Å². The smallest absolute Gasteiger partial charge is 0.243 e. The number of nitrogens with two attached hydrogens (primary N) is 2. The Balaban J connectivity index is 3.14. The Bertz CT molecular complexity index is 1010. The Morgan fingerprint density at radius 3 is 2.02 bits per heavy atom. The summed E-state index contributed by atoms with van der Waals surface area (Å²) in [5.41, 5.74) is 11.1. The number of rotatable bonds is 23. The number of primary amides is 1. The molecule has 8 N–H and O–H groups in total. The highest BCUT2D eigenvalue weighted by molar-refractivity contribution is 5.94. The Morgan fingerprint density at radius 2 is 1.48 bits per heavy atom. The Hall–Kier alpha value is -2.77. The number of unbranched alkanes of at least 4 members (excludes halogenated alkanes) is 3. The zero-order chi connectivity index (χ0) is 36.4. The second kappa shape index (κ2) is 22.8. The molecule has 0 aliphatic heterocycles. The van der Waals surface area contributed by atoms with E-state index in [0.29, 0.717) is 19.3 Å². The molecule has 5 amide bonds. The fourth-order valence-corrected chi connectivity index (χ4v) is 6.18. The van der Waals surface area contributed by atoms with Crippen LogP contribution in [0.15, 0.2) is 0 Å². The normalized spacial score (nSPS) is 18.7. The van der Waals surface area contributed by atoms with Crippen LogP contribution in [-0.4, -0.2) is 96.1 Å². The zero-order valence-electron chi connectivity index (χ0n) is 30.6. The van der Waals surface area contributed by atoms with Crippen molar-refractivity contribution >= 4 is 29.5 Å². The van der Waals surface area contributed by atoms with Crippen LogP contribution in [-0.2, 0) is 28.7 Å². The van der Waals surface area contributed by atoms with Crippen LogP contribution in [0.1, 0.15) is 119 Å². The quantitative estimate of drug-likeness (QED) is 0.0879. The van der Waals surface area contributed by atoms with Gasteiger partial charge in [-0.25, -0.2) is 0 Å². The molecule has 0 radical (unpaired) electrons. The first-order valence-electron chi connectivity index (χ1n) is 18.2. The minimum atomic E-state index is -1.05. The third-order valence-electron chi connectivity index (χ3n) is 9.65. The summed E-state index contributed by atoms with van der Waals surface area (Å²) >= 11 is 0. The number of likely N-dealkylation sites (N-methyl/N-ethyl adjacent to an activating group) is 1. The summed E-state index contributed by atoms with van der Waals surface area (Å²) in [5.74, 6) is -3.48. The predicted octanol–water partition coefficient (Wildman–Crippen LogP) is 2.12. The van der Waals surface area contributed by atoms with Gasteiger partial charge in [-0.15, -0.1) is 0 Å². The summed E-state index contributed by atoms with van der Waals surface area (Å²) in [6.07, 6.45) is 8.83. The summed E-state index contributed by atoms with van der Waals surface area (Å²) in [4.78, 5) is 67.0. The molecule has 13 heteroatoms. The third kappa shape index (κ3) is 14.4. The van der Waals surface area contributed by atoms with Gasteiger partial charge in [0.05, 0.1) is 30.7 Å². The van der Waals surface area contributed by atoms with Crippen LogP contribution in [0.3, 0.4) is 0 Å². The number of hydrogen-bond donors (Lipinski definition) is 6. The molecule has 0 bridgehead atoms. The fourth-order valence-electron chi connectivity index (χ4n) is 6.18. The molecule has 1 fully saturated rings. The van der Waals surface area contributed by atoms with Crippen LogP contribution >= 0.6 is 0 Å². The van der Waals surface area contributed by atoms with Gasteiger partial charge in [0.1, 0.15) is 18.1 Å². The van der Waals surface area contributed by atoms with Crippen LogP contribution in [0.5, 0.6) is 0 Å². The molecule has 0 heterocycles. The molecular formula is C35H66N6O7. The van der Waals surface area contributed by atoms with E-state index < -0.39 is 59.9 Å². The van der Waals surface area contributed by atoms with E-state index in [4.69, 9.17) is 16.2 Å². The van der Waals surface area contributed by atoms with Crippen molar-refractivity contribution in [2.75, 3.05) is 20.2 Å². The molecule has 0 aromatic carbocycles. The lowest BCUT2D eigenvalue weighted by molar-refractivity contribution is -0.147. The maximum absolute atomic E-state index is 14.0. The molecular weight excluding hydrogens is 616 g/mol. The Kier molecular flexibility index (Phi) is 20.5. The fraction of sp³-hybridized carbons (Fsp3) is 0.857. The minimum absolute atomic E-state index is 0.122. The molecule has 0 aromatic rings. The number of hydrogen-bond acceptors (Lipinski definition) is 8. The summed E-state index contributed by atoms with van der Waals surface area (Å²) in [6, 6.07) is -3.11. The van der Waals surface area contributed by atoms with Crippen molar-refractivity contribution in [1.29, 1.82) is 0 Å². The van der Waals surface area contributed by atoms with Crippen LogP contribution in [0, 0.1) is 17.8 Å². The van der Waals surface area contributed by atoms with Crippen molar-refractivity contribution in [2.45, 2.75) is 155 Å². The second-order valence-electron chi connectivity index (χ2n) is 13.8. The molecule has 13 nitrogen and oxygen atoms in total. The van der Waals surface area contributed by atoms with Crippen molar-refractivity contribution in [1.82, 2.24) is 20.9 Å². The van der Waals surface area contributed by atoms with Gasteiger partial charge < -0.3 is 42.2 Å². The summed E-state index contributed by atoms with van der Waals surface area (Å²) in [7, 11) is 1.61. The van der Waals surface area contributed by atoms with E-state index in [0.717, 1.165) is 57.8 Å². The van der Waals surface area contributed by atoms with E-state index >= 15 is 0 Å². The first-order valence-corrected chi connectivity index (χ1v) is 18.2. The van der Waals surface area contributed by atoms with E-state index in [1.807, 2.05) is 13.8 Å². The van der Waals surface area contributed by atoms with Crippen LogP contribution in [0.25, 0.3) is 0 Å². The number of aliphatic hydroxyl groups is 1. The first kappa shape index (κ1) is 43.3. The lowest BCUT2D eigenvalue weighted by Gasteiger charge is -2.35. The molecule has 0 saturated heterocycles. The molecule has 0 aromatic heterocycles. The molecule has 0 unspecified atom stereocenters. The van der Waals surface area contributed by atoms with E-state index in [-0.39, 0.29) is 36.9 Å². The number of aliphatic hydroxyl groups excluding tert-OH is 1. The number of ether oxygens (including phenoxy) is 1. The molecule has 0 spiro atoms. The predicted molar refractivity (Wildman–Crippen MR) is 186 cm³/mol. The molecule has 1 rings (SSSR count). The van der Waals surface area contributed by atoms with Gasteiger partial charge in [-0.2, -0.15) is 0 Å². The number of nitrogens with zero attached hydrogens (tertiary/aromatic N) is 1. The average molecular weight is 683 g/mol. The van der Waals surface area contributed by atoms with Crippen molar-refractivity contribution in [3.63, 3.8) is 0 Å². The lowest BCUT2D eigenvalue weighted by Crippen LogP contribution is -2.60. The van der Waals surface area contributed by atoms with Gasteiger partial charge in [-0.1, -0.05) is 79.1 Å². The Morgan fingerprint density at radius 1 is 0.833 bits per heavy atom. The van der Waals surface area contributed by atoms with E-state index in [1.165, 1.54) is 4.90 Å². The standard InChI is InChI=1S/C35H66N6O7/c1-8-10-11-15-19-29(48-21-22(3)38-32(44)23(4)25(6)42)24(5)35(47)41(7)28(16-9-2)33(45)40-30(26-17-13-12-14-18-26)34(46)39-27(20-36)31(37)43/h22-30,42H,8-21,36H2,1-7H3,(H2,37,43)(H,38,44)(H,39,46)(H,40,45)/t22-,23+,24-,25+,27+,28+,29-,30+/m1/s1. The van der Waals surface area contributed by atoms with Crippen LogP contribution in [0.4, 0.5) is 0 Å². The van der Waals surface area contributed by atoms with Crippen molar-refractivity contribution in [3.05, 3.63) is 0 Å². The molecule has 278 valence electrons. The largest absolute Gasteiger partial charge is 0.393 e. The molecule has 48 heavy (non-hydrogen) atoms. The summed E-state index contributed by atoms with van der Waals surface area (Å²) in [5, 5.41) is 18.2. The van der Waals surface area contributed by atoms with Crippen LogP contribution < -0.4 is 27.4 Å². The van der Waals surface area contributed by atoms with Crippen LogP contribution in [0.2, 0.25) is 0 Å². The molecule has 1 saturated carbocycles. The van der Waals surface area contributed by atoms with E-state index in [1.54, 1.807) is 27.8 Å². The topological polar surface area (TPSA) is 206 Å². The van der Waals surface area contributed by atoms with E-state index in [9.17, 15) is 29.1 Å². The van der Waals surface area contributed by atoms with Crippen molar-refractivity contribution in [2.24, 2.45) is 29.2 Å². The van der Waals surface area contributed by atoms with Gasteiger partial charge in [0, 0.05) is 19.6 Å². The van der Waals surface area contributed by atoms with Gasteiger partial charge in [0.15, 0.2) is 0 Å². The highest BCUT2D eigenvalue weighted by atomic mass is 16.5. The monoisotopic (exact) mass is 682 g/mol.